The minimum absolute atomic E-state index is 0.539. The van der Waals surface area contributed by atoms with Crippen LogP contribution in [-0.4, -0.2) is 10.6 Å². The highest BCUT2D eigenvalue weighted by Crippen LogP contribution is 2.19. The molecule has 3 nitrogen and oxygen atoms in total. The molecule has 0 amide bonds. The number of thiol groups is 1. The van der Waals surface area contributed by atoms with E-state index in [4.69, 9.17) is 4.89 Å². The standard InChI is InChI=1S/CH4FO3PS2/c2-1(8-7)4-5-6-3/h1,3,6-7H. The van der Waals surface area contributed by atoms with Gasteiger partial charge in [-0.2, -0.15) is 14.0 Å². The molecule has 50 valence electrons. The van der Waals surface area contributed by atoms with E-state index < -0.39 is 14.7 Å². The molecule has 8 heavy (non-hydrogen) atoms. The number of rotatable bonds is 4. The third kappa shape index (κ3) is 5.08. The summed E-state index contributed by atoms with van der Waals surface area (Å²) in [7, 11) is -0.317. The Morgan fingerprint density at radius 3 is 2.88 bits per heavy atom. The van der Waals surface area contributed by atoms with Crippen LogP contribution in [0.15, 0.2) is 0 Å². The highest BCUT2D eigenvalue weighted by Gasteiger charge is 2.02. The molecular weight excluding hydrogens is 174 g/mol. The molecule has 0 rings (SSSR count). The molecule has 0 heterocycles. The smallest absolute Gasteiger partial charge is 0.287 e. The minimum atomic E-state index is -1.64. The molecule has 0 spiro atoms. The van der Waals surface area contributed by atoms with Gasteiger partial charge >= 0.3 is 0 Å². The molecule has 1 N–H and O–H groups in total. The maximum absolute atomic E-state index is 11.8. The largest absolute Gasteiger partial charge is 0.350 e. The van der Waals surface area contributed by atoms with Gasteiger partial charge in [0.15, 0.2) is 9.03 Å². The molecule has 0 saturated carbocycles. The molecule has 2 unspecified atom stereocenters. The van der Waals surface area contributed by atoms with Crippen molar-refractivity contribution in [3.63, 3.8) is 0 Å². The highest BCUT2D eigenvalue weighted by atomic mass is 33.1. The van der Waals surface area contributed by atoms with Crippen LogP contribution in [-0.2, 0) is 9.56 Å². The lowest BCUT2D eigenvalue weighted by Gasteiger charge is -2.00. The van der Waals surface area contributed by atoms with Gasteiger partial charge in [-0.15, -0.1) is 11.7 Å². The molecular formula is CH4FO3PS2. The zero-order valence-electron chi connectivity index (χ0n) is 3.57. The normalized spacial score (nSPS) is 15.4. The summed E-state index contributed by atoms with van der Waals surface area (Å²) in [6.45, 7) is 0. The van der Waals surface area contributed by atoms with E-state index in [1.54, 1.807) is 0 Å². The second kappa shape index (κ2) is 6.07. The molecule has 0 radical (unpaired) electrons. The predicted molar refractivity (Wildman–Crippen MR) is 34.2 cm³/mol. The van der Waals surface area contributed by atoms with Gasteiger partial charge in [-0.1, -0.05) is 0 Å². The second-order valence-corrected chi connectivity index (χ2v) is 2.21. The monoisotopic (exact) mass is 178 g/mol. The van der Waals surface area contributed by atoms with Crippen LogP contribution >= 0.6 is 31.5 Å². The first-order valence-corrected chi connectivity index (χ1v) is 4.25. The van der Waals surface area contributed by atoms with Crippen molar-refractivity contribution in [3.05, 3.63) is 0 Å². The lowest BCUT2D eigenvalue weighted by atomic mass is 11.6. The molecule has 0 aliphatic rings. The van der Waals surface area contributed by atoms with E-state index in [1.807, 2.05) is 0 Å². The van der Waals surface area contributed by atoms with Gasteiger partial charge in [-0.3, -0.25) is 0 Å². The zero-order chi connectivity index (χ0) is 6.41. The van der Waals surface area contributed by atoms with Crippen molar-refractivity contribution in [2.45, 2.75) is 5.69 Å². The van der Waals surface area contributed by atoms with Crippen molar-refractivity contribution < 1.29 is 18.8 Å². The zero-order valence-corrected chi connectivity index (χ0v) is 6.29. The van der Waals surface area contributed by atoms with E-state index in [2.05, 4.69) is 21.2 Å². The number of hydrogen-bond acceptors (Lipinski definition) is 5. The van der Waals surface area contributed by atoms with Crippen LogP contribution in [0.25, 0.3) is 0 Å². The number of alkyl halides is 1. The van der Waals surface area contributed by atoms with Crippen LogP contribution in [0.2, 0.25) is 0 Å². The van der Waals surface area contributed by atoms with Gasteiger partial charge in [-0.25, -0.2) is 0 Å². The topological polar surface area (TPSA) is 38.7 Å². The van der Waals surface area contributed by atoms with Gasteiger partial charge in [0.05, 0.1) is 0 Å². The molecule has 0 fully saturated rings. The summed E-state index contributed by atoms with van der Waals surface area (Å²) in [5, 5.41) is 0. The summed E-state index contributed by atoms with van der Waals surface area (Å²) in [5.41, 5.74) is -1.64. The Kier molecular flexibility index (Phi) is 6.78. The fourth-order valence-corrected chi connectivity index (χ4v) is 0.454. The van der Waals surface area contributed by atoms with Crippen LogP contribution in [0.3, 0.4) is 0 Å². The Morgan fingerprint density at radius 2 is 2.50 bits per heavy atom. The third-order valence-corrected chi connectivity index (χ3v) is 1.16. The molecule has 0 aliphatic heterocycles. The Labute approximate surface area is 56.6 Å². The average Bonchev–Trinajstić information content (AvgIpc) is 1.83. The fourth-order valence-electron chi connectivity index (χ4n) is 0.0769. The van der Waals surface area contributed by atoms with Crippen molar-refractivity contribution in [3.8, 4) is 0 Å². The molecule has 0 aromatic carbocycles. The lowest BCUT2D eigenvalue weighted by Crippen LogP contribution is -1.94. The van der Waals surface area contributed by atoms with Gasteiger partial charge in [0.1, 0.15) is 0 Å². The summed E-state index contributed by atoms with van der Waals surface area (Å²) in [4.78, 5) is 11.7. The van der Waals surface area contributed by atoms with Gasteiger partial charge in [0, 0.05) is 0 Å². The Hall–Kier alpha value is 0.940. The molecule has 0 aromatic heterocycles. The quantitative estimate of drug-likeness (QED) is 0.170. The van der Waals surface area contributed by atoms with E-state index in [0.29, 0.717) is 10.8 Å². The molecule has 0 aliphatic carbocycles. The van der Waals surface area contributed by atoms with Crippen molar-refractivity contribution >= 4 is 31.5 Å². The Balaban J connectivity index is 2.86. The predicted octanol–water partition coefficient (Wildman–Crippen LogP) is 1.27. The molecule has 2 atom stereocenters. The van der Waals surface area contributed by atoms with E-state index in [1.165, 1.54) is 0 Å². The Bertz CT molecular complexity index is 56.5. The Morgan fingerprint density at radius 1 is 1.88 bits per heavy atom. The first-order valence-electron chi connectivity index (χ1n) is 1.47. The van der Waals surface area contributed by atoms with E-state index >= 15 is 0 Å². The van der Waals surface area contributed by atoms with Crippen LogP contribution in [0.4, 0.5) is 4.39 Å². The highest BCUT2D eigenvalue weighted by molar-refractivity contribution is 8.68. The molecule has 0 aromatic rings. The van der Waals surface area contributed by atoms with Crippen LogP contribution in [0, 0.1) is 0 Å². The van der Waals surface area contributed by atoms with Crippen molar-refractivity contribution in [1.82, 2.24) is 0 Å². The number of halogens is 1. The number of hydrogen-bond donors (Lipinski definition) is 2. The van der Waals surface area contributed by atoms with Crippen molar-refractivity contribution in [2.75, 3.05) is 0 Å². The van der Waals surface area contributed by atoms with Crippen LogP contribution in [0.1, 0.15) is 0 Å². The summed E-state index contributed by atoms with van der Waals surface area (Å²) in [5.74, 6) is 0. The first kappa shape index (κ1) is 8.94. The lowest BCUT2D eigenvalue weighted by molar-refractivity contribution is -0.244. The molecule has 0 saturated heterocycles. The summed E-state index contributed by atoms with van der Waals surface area (Å²) < 4.78 is 15.6. The second-order valence-electron chi connectivity index (χ2n) is 0.651. The average molecular weight is 178 g/mol. The van der Waals surface area contributed by atoms with Crippen molar-refractivity contribution in [1.29, 1.82) is 0 Å². The van der Waals surface area contributed by atoms with Gasteiger partial charge in [0.2, 0.25) is 0 Å². The summed E-state index contributed by atoms with van der Waals surface area (Å²) >= 11 is 3.45. The minimum Gasteiger partial charge on any atom is -0.350 e. The van der Waals surface area contributed by atoms with E-state index in [9.17, 15) is 4.39 Å². The maximum atomic E-state index is 11.8. The van der Waals surface area contributed by atoms with Crippen LogP contribution < -0.4 is 0 Å². The first-order chi connectivity index (χ1) is 3.81. The van der Waals surface area contributed by atoms with Gasteiger partial charge < -0.3 is 4.89 Å². The van der Waals surface area contributed by atoms with E-state index in [-0.39, 0.29) is 0 Å². The summed E-state index contributed by atoms with van der Waals surface area (Å²) in [6.07, 6.45) is 0. The van der Waals surface area contributed by atoms with Crippen molar-refractivity contribution in [2.24, 2.45) is 0 Å². The van der Waals surface area contributed by atoms with Gasteiger partial charge in [0.25, 0.3) is 5.69 Å². The molecule has 0 bridgehead atoms. The molecule has 7 heteroatoms. The summed E-state index contributed by atoms with van der Waals surface area (Å²) in [6, 6.07) is 0. The fraction of sp³-hybridized carbons (Fsp3) is 1.00. The maximum Gasteiger partial charge on any atom is 0.287 e. The SMILES string of the molecule is OPOOC(F)SS. The van der Waals surface area contributed by atoms with Gasteiger partial charge in [-0.05, 0) is 10.8 Å². The third-order valence-electron chi connectivity index (χ3n) is 0.244. The van der Waals surface area contributed by atoms with E-state index in [0.717, 1.165) is 0 Å². The van der Waals surface area contributed by atoms with Crippen LogP contribution in [0.5, 0.6) is 0 Å².